The van der Waals surface area contributed by atoms with Crippen molar-refractivity contribution < 1.29 is 19.4 Å². The first-order valence-electron chi connectivity index (χ1n) is 11.5. The highest BCUT2D eigenvalue weighted by molar-refractivity contribution is 5.96. The number of nitrogens with one attached hydrogen (secondary N) is 2. The number of ether oxygens (including phenoxy) is 1. The highest BCUT2D eigenvalue weighted by Crippen LogP contribution is 2.39. The summed E-state index contributed by atoms with van der Waals surface area (Å²) in [7, 11) is 1.58. The van der Waals surface area contributed by atoms with Crippen LogP contribution in [0.2, 0.25) is 0 Å². The lowest BCUT2D eigenvalue weighted by atomic mass is 9.77. The summed E-state index contributed by atoms with van der Waals surface area (Å²) >= 11 is 0. The number of benzene rings is 1. The van der Waals surface area contributed by atoms with Crippen LogP contribution in [0.3, 0.4) is 0 Å². The first-order valence-corrected chi connectivity index (χ1v) is 11.5. The lowest BCUT2D eigenvalue weighted by molar-refractivity contribution is -0.122. The number of methoxy groups -OCH3 is 1. The number of carbonyl (C=O) groups excluding carboxylic acids is 2. The van der Waals surface area contributed by atoms with E-state index in [1.54, 1.807) is 31.5 Å². The van der Waals surface area contributed by atoms with E-state index in [4.69, 9.17) is 4.74 Å². The number of hydrogen-bond acceptors (Lipinski definition) is 6. The van der Waals surface area contributed by atoms with E-state index in [2.05, 4.69) is 20.5 Å². The summed E-state index contributed by atoms with van der Waals surface area (Å²) in [5, 5.41) is 16.8. The molecule has 33 heavy (non-hydrogen) atoms. The van der Waals surface area contributed by atoms with E-state index >= 15 is 0 Å². The molecule has 2 aliphatic rings. The zero-order valence-electron chi connectivity index (χ0n) is 19.2. The Labute approximate surface area is 194 Å². The van der Waals surface area contributed by atoms with Gasteiger partial charge in [-0.05, 0) is 50.8 Å². The van der Waals surface area contributed by atoms with E-state index in [1.165, 1.54) is 0 Å². The summed E-state index contributed by atoms with van der Waals surface area (Å²) in [5.74, 6) is 0.121. The van der Waals surface area contributed by atoms with E-state index < -0.39 is 5.60 Å². The average Bonchev–Trinajstić information content (AvgIpc) is 2.80. The molecule has 3 N–H and O–H groups in total. The molecule has 8 heteroatoms. The van der Waals surface area contributed by atoms with Crippen LogP contribution in [-0.4, -0.2) is 65.6 Å². The first-order chi connectivity index (χ1) is 15.9. The number of rotatable bonds is 7. The molecule has 4 rings (SSSR count). The second-order valence-electron chi connectivity index (χ2n) is 9.12. The lowest BCUT2D eigenvalue weighted by Crippen LogP contribution is -2.63. The van der Waals surface area contributed by atoms with E-state index in [0.29, 0.717) is 30.3 Å². The number of carbonyl (C=O) groups is 2. The molecule has 0 unspecified atom stereocenters. The number of aromatic nitrogens is 1. The van der Waals surface area contributed by atoms with Crippen LogP contribution in [0.15, 0.2) is 42.6 Å². The summed E-state index contributed by atoms with van der Waals surface area (Å²) < 4.78 is 5.10. The summed E-state index contributed by atoms with van der Waals surface area (Å²) in [6, 6.07) is 11.5. The van der Waals surface area contributed by atoms with Gasteiger partial charge in [0.05, 0.1) is 25.3 Å². The zero-order chi connectivity index (χ0) is 23.4. The number of aryl methyl sites for hydroxylation is 1. The van der Waals surface area contributed by atoms with Gasteiger partial charge in [-0.25, -0.2) is 4.98 Å². The smallest absolute Gasteiger partial charge is 0.251 e. The van der Waals surface area contributed by atoms with Crippen LogP contribution >= 0.6 is 0 Å². The van der Waals surface area contributed by atoms with Gasteiger partial charge in [0.2, 0.25) is 11.8 Å². The third-order valence-corrected chi connectivity index (χ3v) is 6.75. The van der Waals surface area contributed by atoms with Crippen molar-refractivity contribution in [1.82, 2.24) is 20.5 Å². The summed E-state index contributed by atoms with van der Waals surface area (Å²) in [4.78, 5) is 31.0. The van der Waals surface area contributed by atoms with Crippen molar-refractivity contribution in [3.63, 3.8) is 0 Å². The number of aliphatic hydroxyl groups is 1. The Kier molecular flexibility index (Phi) is 6.95. The molecule has 2 amide bonds. The van der Waals surface area contributed by atoms with Crippen molar-refractivity contribution in [2.24, 2.45) is 0 Å². The fourth-order valence-electron chi connectivity index (χ4n) is 4.74. The van der Waals surface area contributed by atoms with Gasteiger partial charge in [-0.3, -0.25) is 14.5 Å². The van der Waals surface area contributed by atoms with Crippen LogP contribution in [0, 0.1) is 6.92 Å². The standard InChI is InChI=1S/C25H32N4O4/c1-17-4-3-5-18(12-17)24(31)27-14-22(30)28-20-15-29(16-20)21-8-10-25(32,11-9-21)19-6-7-23(33-2)26-13-19/h3-7,12-13,20-21,32H,8-11,14-16H2,1-2H3,(H,27,31)(H,28,30). The molecule has 2 aromatic rings. The molecule has 1 aromatic carbocycles. The van der Waals surface area contributed by atoms with Gasteiger partial charge in [-0.15, -0.1) is 0 Å². The van der Waals surface area contributed by atoms with Crippen molar-refractivity contribution in [1.29, 1.82) is 0 Å². The summed E-state index contributed by atoms with van der Waals surface area (Å²) in [6.45, 7) is 3.49. The lowest BCUT2D eigenvalue weighted by Gasteiger charge is -2.48. The van der Waals surface area contributed by atoms with E-state index in [1.807, 2.05) is 25.1 Å². The van der Waals surface area contributed by atoms with Gasteiger partial charge in [-0.1, -0.05) is 17.7 Å². The van der Waals surface area contributed by atoms with Crippen molar-refractivity contribution in [3.8, 4) is 5.88 Å². The van der Waals surface area contributed by atoms with Crippen LogP contribution in [0.4, 0.5) is 0 Å². The Hall–Kier alpha value is -2.97. The van der Waals surface area contributed by atoms with E-state index in [0.717, 1.165) is 37.1 Å². The van der Waals surface area contributed by atoms with Crippen LogP contribution in [0.25, 0.3) is 0 Å². The fourth-order valence-corrected chi connectivity index (χ4v) is 4.74. The number of pyridine rings is 1. The number of hydrogen-bond donors (Lipinski definition) is 3. The number of nitrogens with zero attached hydrogens (tertiary/aromatic N) is 2. The molecule has 176 valence electrons. The highest BCUT2D eigenvalue weighted by atomic mass is 16.5. The molecule has 1 aliphatic heterocycles. The minimum atomic E-state index is -0.843. The third-order valence-electron chi connectivity index (χ3n) is 6.75. The van der Waals surface area contributed by atoms with Gasteiger partial charge < -0.3 is 20.5 Å². The maximum atomic E-state index is 12.2. The van der Waals surface area contributed by atoms with Crippen molar-refractivity contribution in [3.05, 3.63) is 59.3 Å². The molecule has 0 spiro atoms. The molecular weight excluding hydrogens is 420 g/mol. The van der Waals surface area contributed by atoms with Gasteiger partial charge in [0.25, 0.3) is 5.91 Å². The largest absolute Gasteiger partial charge is 0.481 e. The van der Waals surface area contributed by atoms with Gasteiger partial charge in [0.1, 0.15) is 0 Å². The Balaban J connectivity index is 1.17. The molecule has 1 saturated heterocycles. The Morgan fingerprint density at radius 1 is 1.21 bits per heavy atom. The van der Waals surface area contributed by atoms with E-state index in [9.17, 15) is 14.7 Å². The quantitative estimate of drug-likeness (QED) is 0.592. The maximum absolute atomic E-state index is 12.2. The van der Waals surface area contributed by atoms with Gasteiger partial charge in [-0.2, -0.15) is 0 Å². The molecule has 8 nitrogen and oxygen atoms in total. The molecular formula is C25H32N4O4. The number of amides is 2. The number of likely N-dealkylation sites (tertiary alicyclic amines) is 1. The van der Waals surface area contributed by atoms with Crippen LogP contribution in [-0.2, 0) is 10.4 Å². The second-order valence-corrected chi connectivity index (χ2v) is 9.12. The van der Waals surface area contributed by atoms with Crippen LogP contribution in [0.1, 0.15) is 47.2 Å². The molecule has 0 bridgehead atoms. The molecule has 0 atom stereocenters. The predicted molar refractivity (Wildman–Crippen MR) is 124 cm³/mol. The molecule has 1 aromatic heterocycles. The highest BCUT2D eigenvalue weighted by Gasteiger charge is 2.40. The van der Waals surface area contributed by atoms with Crippen molar-refractivity contribution >= 4 is 11.8 Å². The van der Waals surface area contributed by atoms with Gasteiger partial charge >= 0.3 is 0 Å². The minimum absolute atomic E-state index is 0.0321. The van der Waals surface area contributed by atoms with Crippen LogP contribution in [0.5, 0.6) is 5.88 Å². The van der Waals surface area contributed by atoms with E-state index in [-0.39, 0.29) is 24.4 Å². The predicted octanol–water partition coefficient (Wildman–Crippen LogP) is 1.76. The Bertz CT molecular complexity index is 980. The monoisotopic (exact) mass is 452 g/mol. The molecule has 1 saturated carbocycles. The Morgan fingerprint density at radius 2 is 1.97 bits per heavy atom. The van der Waals surface area contributed by atoms with Crippen molar-refractivity contribution in [2.75, 3.05) is 26.7 Å². The topological polar surface area (TPSA) is 104 Å². The first kappa shape index (κ1) is 23.2. The average molecular weight is 453 g/mol. The van der Waals surface area contributed by atoms with Gasteiger partial charge in [0.15, 0.2) is 0 Å². The van der Waals surface area contributed by atoms with Gasteiger partial charge in [0, 0.05) is 42.5 Å². The Morgan fingerprint density at radius 3 is 2.61 bits per heavy atom. The normalized spacial score (nSPS) is 23.4. The molecule has 2 fully saturated rings. The fraction of sp³-hybridized carbons (Fsp3) is 0.480. The molecule has 1 aliphatic carbocycles. The second kappa shape index (κ2) is 9.89. The maximum Gasteiger partial charge on any atom is 0.251 e. The third kappa shape index (κ3) is 5.51. The summed E-state index contributed by atoms with van der Waals surface area (Å²) in [6.07, 6.45) is 4.87. The van der Waals surface area contributed by atoms with Crippen LogP contribution < -0.4 is 15.4 Å². The summed E-state index contributed by atoms with van der Waals surface area (Å²) in [5.41, 5.74) is 1.55. The molecule has 2 heterocycles. The minimum Gasteiger partial charge on any atom is -0.481 e. The SMILES string of the molecule is COc1ccc(C2(O)CCC(N3CC(NC(=O)CNC(=O)c4cccc(C)c4)C3)CC2)cn1. The zero-order valence-corrected chi connectivity index (χ0v) is 19.2. The molecule has 0 radical (unpaired) electrons. The van der Waals surface area contributed by atoms with Crippen molar-refractivity contribution in [2.45, 2.75) is 50.3 Å².